The number of hydrogen-bond donors (Lipinski definition) is 2. The number of aryl methyl sites for hydroxylation is 1. The minimum absolute atomic E-state index is 0.0348. The van der Waals surface area contributed by atoms with Crippen molar-refractivity contribution in [3.63, 3.8) is 0 Å². The van der Waals surface area contributed by atoms with E-state index in [0.29, 0.717) is 5.69 Å². The standard InChI is InChI=1S/C18H20N2O5S/c1-12-7-9-15(10-8-12)20-26(23,24)16-6-4-5-14(11-16)18(22)25-13(2)17(21)19-3/h4-11,13,20H,1-3H3,(H,19,21)/t13-/m0/s1. The Balaban J connectivity index is 2.20. The van der Waals surface area contributed by atoms with Gasteiger partial charge in [-0.3, -0.25) is 9.52 Å². The van der Waals surface area contributed by atoms with Gasteiger partial charge >= 0.3 is 5.97 Å². The summed E-state index contributed by atoms with van der Waals surface area (Å²) in [6.45, 7) is 3.32. The number of likely N-dealkylation sites (N-methyl/N-ethyl adjacent to an activating group) is 1. The maximum atomic E-state index is 12.5. The van der Waals surface area contributed by atoms with E-state index in [-0.39, 0.29) is 10.5 Å². The Morgan fingerprint density at radius 2 is 1.73 bits per heavy atom. The summed E-state index contributed by atoms with van der Waals surface area (Å²) >= 11 is 0. The molecule has 138 valence electrons. The largest absolute Gasteiger partial charge is 0.449 e. The summed E-state index contributed by atoms with van der Waals surface area (Å²) in [5.74, 6) is -1.24. The Morgan fingerprint density at radius 1 is 1.08 bits per heavy atom. The smallest absolute Gasteiger partial charge is 0.338 e. The maximum absolute atomic E-state index is 12.5. The monoisotopic (exact) mass is 376 g/mol. The number of amides is 1. The van der Waals surface area contributed by atoms with Crippen molar-refractivity contribution >= 4 is 27.6 Å². The number of benzene rings is 2. The van der Waals surface area contributed by atoms with E-state index in [1.54, 1.807) is 24.3 Å². The number of carbonyl (C=O) groups excluding carboxylic acids is 2. The quantitative estimate of drug-likeness (QED) is 0.752. The van der Waals surface area contributed by atoms with E-state index in [1.165, 1.54) is 38.2 Å². The highest BCUT2D eigenvalue weighted by Crippen LogP contribution is 2.18. The van der Waals surface area contributed by atoms with Crippen molar-refractivity contribution in [2.45, 2.75) is 24.8 Å². The highest BCUT2D eigenvalue weighted by molar-refractivity contribution is 7.92. The second kappa shape index (κ2) is 8.01. The number of anilines is 1. The highest BCUT2D eigenvalue weighted by atomic mass is 32.2. The normalized spacial score (nSPS) is 12.1. The van der Waals surface area contributed by atoms with Crippen LogP contribution in [0.5, 0.6) is 0 Å². The van der Waals surface area contributed by atoms with E-state index in [2.05, 4.69) is 10.0 Å². The number of esters is 1. The first-order valence-electron chi connectivity index (χ1n) is 7.85. The first kappa shape index (κ1) is 19.5. The van der Waals surface area contributed by atoms with E-state index >= 15 is 0 Å². The summed E-state index contributed by atoms with van der Waals surface area (Å²) in [7, 11) is -2.44. The average molecular weight is 376 g/mol. The molecule has 1 amide bonds. The lowest BCUT2D eigenvalue weighted by molar-refractivity contribution is -0.128. The van der Waals surface area contributed by atoms with Gasteiger partial charge in [0.2, 0.25) is 0 Å². The molecule has 0 aromatic heterocycles. The van der Waals surface area contributed by atoms with Crippen LogP contribution < -0.4 is 10.0 Å². The Kier molecular flexibility index (Phi) is 5.99. The molecule has 1 atom stereocenters. The minimum atomic E-state index is -3.87. The van der Waals surface area contributed by atoms with Gasteiger partial charge in [0.25, 0.3) is 15.9 Å². The van der Waals surface area contributed by atoms with E-state index < -0.39 is 28.0 Å². The zero-order valence-electron chi connectivity index (χ0n) is 14.6. The van der Waals surface area contributed by atoms with Gasteiger partial charge in [-0.2, -0.15) is 0 Å². The molecular weight excluding hydrogens is 356 g/mol. The van der Waals surface area contributed by atoms with Crippen molar-refractivity contribution in [2.75, 3.05) is 11.8 Å². The Bertz CT molecular complexity index is 907. The number of rotatable bonds is 6. The summed E-state index contributed by atoms with van der Waals surface area (Å²) in [6, 6.07) is 12.3. The van der Waals surface area contributed by atoms with Gasteiger partial charge in [0, 0.05) is 12.7 Å². The fourth-order valence-corrected chi connectivity index (χ4v) is 3.22. The molecule has 2 N–H and O–H groups in total. The molecule has 0 radical (unpaired) electrons. The van der Waals surface area contributed by atoms with Gasteiger partial charge in [-0.05, 0) is 44.2 Å². The first-order chi connectivity index (χ1) is 12.2. The summed E-state index contributed by atoms with van der Waals surface area (Å²) in [4.78, 5) is 23.5. The lowest BCUT2D eigenvalue weighted by Gasteiger charge is -2.12. The fourth-order valence-electron chi connectivity index (χ4n) is 2.11. The van der Waals surface area contributed by atoms with Gasteiger partial charge in [0.1, 0.15) is 0 Å². The van der Waals surface area contributed by atoms with Crippen LogP contribution in [-0.4, -0.2) is 33.4 Å². The summed E-state index contributed by atoms with van der Waals surface area (Å²) in [6.07, 6.45) is -0.988. The number of sulfonamides is 1. The van der Waals surface area contributed by atoms with Crippen LogP contribution in [0.15, 0.2) is 53.4 Å². The highest BCUT2D eigenvalue weighted by Gasteiger charge is 2.20. The van der Waals surface area contributed by atoms with E-state index in [4.69, 9.17) is 4.74 Å². The topological polar surface area (TPSA) is 102 Å². The Hall–Kier alpha value is -2.87. The minimum Gasteiger partial charge on any atom is -0.449 e. The molecule has 0 heterocycles. The van der Waals surface area contributed by atoms with Crippen molar-refractivity contribution in [1.29, 1.82) is 0 Å². The van der Waals surface area contributed by atoms with E-state index in [9.17, 15) is 18.0 Å². The fraction of sp³-hybridized carbons (Fsp3) is 0.222. The van der Waals surface area contributed by atoms with Crippen LogP contribution in [0.1, 0.15) is 22.8 Å². The second-order valence-corrected chi connectivity index (χ2v) is 7.34. The molecule has 8 heteroatoms. The molecule has 0 saturated carbocycles. The van der Waals surface area contributed by atoms with Crippen LogP contribution in [0, 0.1) is 6.92 Å². The number of hydrogen-bond acceptors (Lipinski definition) is 5. The number of ether oxygens (including phenoxy) is 1. The predicted octanol–water partition coefficient (Wildman–Crippen LogP) is 2.09. The number of carbonyl (C=O) groups is 2. The van der Waals surface area contributed by atoms with Crippen molar-refractivity contribution < 1.29 is 22.7 Å². The summed E-state index contributed by atoms with van der Waals surface area (Å²) in [5, 5.41) is 2.37. The van der Waals surface area contributed by atoms with Crippen LogP contribution in [0.4, 0.5) is 5.69 Å². The van der Waals surface area contributed by atoms with Gasteiger partial charge in [-0.15, -0.1) is 0 Å². The molecule has 26 heavy (non-hydrogen) atoms. The maximum Gasteiger partial charge on any atom is 0.338 e. The van der Waals surface area contributed by atoms with Gasteiger partial charge in [-0.25, -0.2) is 13.2 Å². The van der Waals surface area contributed by atoms with E-state index in [1.807, 2.05) is 6.92 Å². The second-order valence-electron chi connectivity index (χ2n) is 5.66. The molecule has 2 aromatic rings. The SMILES string of the molecule is CNC(=O)[C@H](C)OC(=O)c1cccc(S(=O)(=O)Nc2ccc(C)cc2)c1. The van der Waals surface area contributed by atoms with Crippen molar-refractivity contribution in [1.82, 2.24) is 5.32 Å². The molecule has 0 bridgehead atoms. The predicted molar refractivity (Wildman–Crippen MR) is 97.4 cm³/mol. The van der Waals surface area contributed by atoms with Crippen LogP contribution >= 0.6 is 0 Å². The van der Waals surface area contributed by atoms with Gasteiger partial charge in [0.15, 0.2) is 6.10 Å². The molecule has 0 aliphatic carbocycles. The third-order valence-electron chi connectivity index (χ3n) is 3.58. The van der Waals surface area contributed by atoms with Gasteiger partial charge in [-0.1, -0.05) is 23.8 Å². The van der Waals surface area contributed by atoms with Gasteiger partial charge in [0.05, 0.1) is 10.5 Å². The van der Waals surface area contributed by atoms with Gasteiger partial charge < -0.3 is 10.1 Å². The summed E-state index contributed by atoms with van der Waals surface area (Å²) in [5.41, 5.74) is 1.45. The molecule has 2 aromatic carbocycles. The molecule has 2 rings (SSSR count). The lowest BCUT2D eigenvalue weighted by Crippen LogP contribution is -2.33. The van der Waals surface area contributed by atoms with Crippen LogP contribution in [0.3, 0.4) is 0 Å². The third kappa shape index (κ3) is 4.82. The summed E-state index contributed by atoms with van der Waals surface area (Å²) < 4.78 is 32.5. The molecule has 0 saturated heterocycles. The Labute approximate surface area is 152 Å². The molecule has 0 spiro atoms. The number of nitrogens with one attached hydrogen (secondary N) is 2. The zero-order valence-corrected chi connectivity index (χ0v) is 15.5. The van der Waals surface area contributed by atoms with Crippen LogP contribution in [-0.2, 0) is 19.6 Å². The van der Waals surface area contributed by atoms with Crippen molar-refractivity contribution in [3.8, 4) is 0 Å². The zero-order chi connectivity index (χ0) is 19.3. The molecular formula is C18H20N2O5S. The lowest BCUT2D eigenvalue weighted by atomic mass is 10.2. The van der Waals surface area contributed by atoms with E-state index in [0.717, 1.165) is 5.56 Å². The van der Waals surface area contributed by atoms with Crippen LogP contribution in [0.25, 0.3) is 0 Å². The van der Waals surface area contributed by atoms with Crippen molar-refractivity contribution in [2.24, 2.45) is 0 Å². The molecule has 0 aliphatic rings. The molecule has 0 fully saturated rings. The molecule has 7 nitrogen and oxygen atoms in total. The molecule has 0 aliphatic heterocycles. The first-order valence-corrected chi connectivity index (χ1v) is 9.33. The Morgan fingerprint density at radius 3 is 2.35 bits per heavy atom. The molecule has 0 unspecified atom stereocenters. The third-order valence-corrected chi connectivity index (χ3v) is 4.96. The van der Waals surface area contributed by atoms with Crippen molar-refractivity contribution in [3.05, 3.63) is 59.7 Å². The van der Waals surface area contributed by atoms with Crippen LogP contribution in [0.2, 0.25) is 0 Å². The average Bonchev–Trinajstić information content (AvgIpc) is 2.62.